The number of carbonyl (C=O) groups is 3. The fourth-order valence-electron chi connectivity index (χ4n) is 1.05. The van der Waals surface area contributed by atoms with Crippen LogP contribution in [0.5, 0.6) is 0 Å². The van der Waals surface area contributed by atoms with Gasteiger partial charge in [0.25, 0.3) is 0 Å². The number of likely N-dealkylation sites (N-methyl/N-ethyl adjacent to an activating group) is 1. The minimum absolute atomic E-state index is 0.0227. The van der Waals surface area contributed by atoms with Gasteiger partial charge in [0, 0.05) is 7.05 Å². The van der Waals surface area contributed by atoms with E-state index in [1.807, 2.05) is 0 Å². The first kappa shape index (κ1) is 8.70. The van der Waals surface area contributed by atoms with E-state index in [0.717, 1.165) is 4.90 Å². The van der Waals surface area contributed by atoms with Crippen molar-refractivity contribution in [2.75, 3.05) is 20.1 Å². The van der Waals surface area contributed by atoms with E-state index in [2.05, 4.69) is 0 Å². The maximum Gasteiger partial charge on any atom is 0.327 e. The Morgan fingerprint density at radius 1 is 1.50 bits per heavy atom. The van der Waals surface area contributed by atoms with Crippen LogP contribution in [0.25, 0.3) is 0 Å². The molecule has 0 saturated carbocycles. The van der Waals surface area contributed by atoms with Gasteiger partial charge in [-0.3, -0.25) is 14.5 Å². The van der Waals surface area contributed by atoms with E-state index in [4.69, 9.17) is 0 Å². The first-order chi connectivity index (χ1) is 5.52. The molecule has 0 spiro atoms. The number of hydrogen-bond donors (Lipinski definition) is 0. The summed E-state index contributed by atoms with van der Waals surface area (Å²) in [5, 5.41) is 0. The normalized spacial score (nSPS) is 17.5. The summed E-state index contributed by atoms with van der Waals surface area (Å²) < 4.78 is 0. The Bertz CT molecular complexity index is 247. The van der Waals surface area contributed by atoms with Gasteiger partial charge in [-0.15, -0.1) is 0 Å². The Morgan fingerprint density at radius 2 is 2.08 bits per heavy atom. The molecule has 0 radical (unpaired) electrons. The third-order valence-electron chi connectivity index (χ3n) is 1.67. The van der Waals surface area contributed by atoms with Crippen molar-refractivity contribution >= 4 is 17.7 Å². The minimum Gasteiger partial charge on any atom is -0.308 e. The molecule has 5 heteroatoms. The van der Waals surface area contributed by atoms with Crippen molar-refractivity contribution in [1.29, 1.82) is 0 Å². The second kappa shape index (κ2) is 2.92. The summed E-state index contributed by atoms with van der Waals surface area (Å²) in [4.78, 5) is 34.9. The second-order valence-corrected chi connectivity index (χ2v) is 2.79. The van der Waals surface area contributed by atoms with E-state index in [1.54, 1.807) is 0 Å². The fraction of sp³-hybridized carbons (Fsp3) is 0.571. The molecular formula is C7H10N2O3. The Hall–Kier alpha value is -1.39. The summed E-state index contributed by atoms with van der Waals surface area (Å²) >= 11 is 0. The lowest BCUT2D eigenvalue weighted by molar-refractivity contribution is -0.124. The predicted molar refractivity (Wildman–Crippen MR) is 40.4 cm³/mol. The molecule has 1 aliphatic rings. The van der Waals surface area contributed by atoms with Gasteiger partial charge < -0.3 is 4.90 Å². The summed E-state index contributed by atoms with van der Waals surface area (Å²) in [5.41, 5.74) is 0. The SMILES string of the molecule is CC(=O)CN1CC(=O)N(C)C1=O. The average Bonchev–Trinajstić information content (AvgIpc) is 2.17. The van der Waals surface area contributed by atoms with Crippen molar-refractivity contribution in [1.82, 2.24) is 9.80 Å². The summed E-state index contributed by atoms with van der Waals surface area (Å²) in [6, 6.07) is -0.393. The molecular weight excluding hydrogens is 160 g/mol. The first-order valence-electron chi connectivity index (χ1n) is 3.57. The van der Waals surface area contributed by atoms with Gasteiger partial charge in [0.1, 0.15) is 12.3 Å². The van der Waals surface area contributed by atoms with Gasteiger partial charge in [0.05, 0.1) is 6.54 Å². The molecule has 0 aromatic heterocycles. The lowest BCUT2D eigenvalue weighted by atomic mass is 10.4. The quantitative estimate of drug-likeness (QED) is 0.523. The number of amides is 3. The Labute approximate surface area is 69.9 Å². The number of rotatable bonds is 2. The zero-order valence-corrected chi connectivity index (χ0v) is 7.03. The minimum atomic E-state index is -0.393. The average molecular weight is 170 g/mol. The van der Waals surface area contributed by atoms with E-state index in [-0.39, 0.29) is 24.8 Å². The van der Waals surface area contributed by atoms with Crippen LogP contribution in [0.1, 0.15) is 6.92 Å². The molecule has 3 amide bonds. The van der Waals surface area contributed by atoms with Crippen LogP contribution in [-0.2, 0) is 9.59 Å². The van der Waals surface area contributed by atoms with Gasteiger partial charge >= 0.3 is 6.03 Å². The van der Waals surface area contributed by atoms with Crippen molar-refractivity contribution in [3.05, 3.63) is 0 Å². The number of carbonyl (C=O) groups excluding carboxylic acids is 3. The predicted octanol–water partition coefficient (Wildman–Crippen LogP) is -0.531. The third kappa shape index (κ3) is 1.44. The maximum absolute atomic E-state index is 11.1. The van der Waals surface area contributed by atoms with Gasteiger partial charge in [-0.05, 0) is 6.92 Å². The highest BCUT2D eigenvalue weighted by Crippen LogP contribution is 2.06. The number of urea groups is 1. The lowest BCUT2D eigenvalue weighted by Crippen LogP contribution is -2.33. The molecule has 1 rings (SSSR count). The molecule has 1 aliphatic heterocycles. The van der Waals surface area contributed by atoms with E-state index in [0.29, 0.717) is 0 Å². The molecule has 0 aromatic rings. The number of Topliss-reactive ketones (excluding diaryl/α,β-unsaturated/α-hetero) is 1. The second-order valence-electron chi connectivity index (χ2n) is 2.79. The van der Waals surface area contributed by atoms with Crippen molar-refractivity contribution in [2.45, 2.75) is 6.92 Å². The summed E-state index contributed by atoms with van der Waals surface area (Å²) in [5.74, 6) is -0.382. The van der Waals surface area contributed by atoms with E-state index in [9.17, 15) is 14.4 Å². The van der Waals surface area contributed by atoms with Gasteiger partial charge in [-0.2, -0.15) is 0 Å². The highest BCUT2D eigenvalue weighted by Gasteiger charge is 2.33. The highest BCUT2D eigenvalue weighted by molar-refractivity contribution is 6.03. The van der Waals surface area contributed by atoms with Crippen LogP contribution in [0, 0.1) is 0 Å². The molecule has 5 nitrogen and oxygen atoms in total. The van der Waals surface area contributed by atoms with Crippen molar-refractivity contribution in [2.24, 2.45) is 0 Å². The molecule has 1 fully saturated rings. The Kier molecular flexibility index (Phi) is 2.12. The number of nitrogens with zero attached hydrogens (tertiary/aromatic N) is 2. The number of ketones is 1. The fourth-order valence-corrected chi connectivity index (χ4v) is 1.05. The Balaban J connectivity index is 2.65. The van der Waals surface area contributed by atoms with Gasteiger partial charge in [0.15, 0.2) is 0 Å². The molecule has 66 valence electrons. The van der Waals surface area contributed by atoms with Crippen molar-refractivity contribution in [3.8, 4) is 0 Å². The zero-order valence-electron chi connectivity index (χ0n) is 7.03. The third-order valence-corrected chi connectivity index (χ3v) is 1.67. The Morgan fingerprint density at radius 3 is 2.42 bits per heavy atom. The van der Waals surface area contributed by atoms with Crippen LogP contribution in [0.15, 0.2) is 0 Å². The van der Waals surface area contributed by atoms with Gasteiger partial charge in [0.2, 0.25) is 5.91 Å². The van der Waals surface area contributed by atoms with Gasteiger partial charge in [-0.1, -0.05) is 0 Å². The van der Waals surface area contributed by atoms with E-state index < -0.39 is 6.03 Å². The van der Waals surface area contributed by atoms with Crippen LogP contribution < -0.4 is 0 Å². The number of imide groups is 1. The summed E-state index contributed by atoms with van der Waals surface area (Å²) in [7, 11) is 1.41. The van der Waals surface area contributed by atoms with Crippen LogP contribution in [0.3, 0.4) is 0 Å². The maximum atomic E-state index is 11.1. The molecule has 12 heavy (non-hydrogen) atoms. The van der Waals surface area contributed by atoms with Crippen LogP contribution in [-0.4, -0.2) is 47.7 Å². The molecule has 0 N–H and O–H groups in total. The van der Waals surface area contributed by atoms with Crippen LogP contribution in [0.2, 0.25) is 0 Å². The monoisotopic (exact) mass is 170 g/mol. The topological polar surface area (TPSA) is 57.7 Å². The highest BCUT2D eigenvalue weighted by atomic mass is 16.2. The molecule has 0 aliphatic carbocycles. The van der Waals surface area contributed by atoms with Crippen LogP contribution in [0.4, 0.5) is 4.79 Å². The summed E-state index contributed by atoms with van der Waals surface area (Å²) in [6.07, 6.45) is 0. The lowest BCUT2D eigenvalue weighted by Gasteiger charge is -2.11. The zero-order chi connectivity index (χ0) is 9.30. The molecule has 0 atom stereocenters. The summed E-state index contributed by atoms with van der Waals surface area (Å²) in [6.45, 7) is 1.43. The van der Waals surface area contributed by atoms with Crippen molar-refractivity contribution < 1.29 is 14.4 Å². The van der Waals surface area contributed by atoms with E-state index >= 15 is 0 Å². The molecule has 1 saturated heterocycles. The van der Waals surface area contributed by atoms with Crippen LogP contribution >= 0.6 is 0 Å². The standard InChI is InChI=1S/C7H10N2O3/c1-5(10)3-9-4-6(11)8(2)7(9)12/h3-4H2,1-2H3. The molecule has 0 aromatic carbocycles. The van der Waals surface area contributed by atoms with Gasteiger partial charge in [-0.25, -0.2) is 4.79 Å². The largest absolute Gasteiger partial charge is 0.327 e. The van der Waals surface area contributed by atoms with E-state index in [1.165, 1.54) is 18.9 Å². The smallest absolute Gasteiger partial charge is 0.308 e. The molecule has 0 unspecified atom stereocenters. The van der Waals surface area contributed by atoms with Crippen molar-refractivity contribution in [3.63, 3.8) is 0 Å². The number of hydrogen-bond acceptors (Lipinski definition) is 3. The molecule has 1 heterocycles. The first-order valence-corrected chi connectivity index (χ1v) is 3.57. The molecule has 0 bridgehead atoms.